The summed E-state index contributed by atoms with van der Waals surface area (Å²) in [6.45, 7) is 6.13. The van der Waals surface area contributed by atoms with Crippen LogP contribution < -0.4 is 10.5 Å². The molecule has 2 atom stereocenters. The molecule has 1 aromatic rings. The molecule has 1 rings (SSSR count). The summed E-state index contributed by atoms with van der Waals surface area (Å²) < 4.78 is 5.44. The Kier molecular flexibility index (Phi) is 5.35. The van der Waals surface area contributed by atoms with E-state index in [1.165, 1.54) is 5.56 Å². The van der Waals surface area contributed by atoms with E-state index in [4.69, 9.17) is 10.5 Å². The summed E-state index contributed by atoms with van der Waals surface area (Å²) in [5.74, 6) is 0.927. The van der Waals surface area contributed by atoms with E-state index in [9.17, 15) is 5.11 Å². The fourth-order valence-corrected chi connectivity index (χ4v) is 2.70. The predicted octanol–water partition coefficient (Wildman–Crippen LogP) is 1.54. The lowest BCUT2D eigenvalue weighted by atomic mass is 9.90. The zero-order valence-electron chi connectivity index (χ0n) is 12.8. The van der Waals surface area contributed by atoms with Crippen LogP contribution in [0.4, 0.5) is 0 Å². The Labute approximate surface area is 116 Å². The molecule has 0 aliphatic carbocycles. The molecule has 0 aliphatic heterocycles. The minimum atomic E-state index is -0.305. The smallest absolute Gasteiger partial charge is 0.124 e. The normalized spacial score (nSPS) is 14.6. The maximum Gasteiger partial charge on any atom is 0.124 e. The number of ether oxygens (including phenoxy) is 1. The molecule has 2 unspecified atom stereocenters. The molecule has 4 heteroatoms. The van der Waals surface area contributed by atoms with Gasteiger partial charge in [0, 0.05) is 6.04 Å². The lowest BCUT2D eigenvalue weighted by molar-refractivity contribution is 0.181. The number of aliphatic hydroxyl groups excluding tert-OH is 1. The van der Waals surface area contributed by atoms with Crippen LogP contribution in [-0.4, -0.2) is 43.9 Å². The highest BCUT2D eigenvalue weighted by molar-refractivity contribution is 5.50. The van der Waals surface area contributed by atoms with Gasteiger partial charge in [-0.25, -0.2) is 0 Å². The molecule has 0 radical (unpaired) electrons. The largest absolute Gasteiger partial charge is 0.496 e. The quantitative estimate of drug-likeness (QED) is 0.849. The van der Waals surface area contributed by atoms with Crippen molar-refractivity contribution in [2.45, 2.75) is 32.9 Å². The average molecular weight is 266 g/mol. The minimum Gasteiger partial charge on any atom is -0.496 e. The first-order chi connectivity index (χ1) is 8.84. The zero-order chi connectivity index (χ0) is 14.7. The van der Waals surface area contributed by atoms with Gasteiger partial charge in [-0.3, -0.25) is 0 Å². The molecule has 0 heterocycles. The average Bonchev–Trinajstić information content (AvgIpc) is 2.35. The van der Waals surface area contributed by atoms with E-state index in [0.717, 1.165) is 22.4 Å². The van der Waals surface area contributed by atoms with Crippen molar-refractivity contribution in [3.63, 3.8) is 0 Å². The third kappa shape index (κ3) is 3.08. The van der Waals surface area contributed by atoms with Crippen molar-refractivity contribution in [2.24, 2.45) is 5.73 Å². The number of hydrogen-bond donors (Lipinski definition) is 2. The Morgan fingerprint density at radius 1 is 1.26 bits per heavy atom. The van der Waals surface area contributed by atoms with Gasteiger partial charge < -0.3 is 20.5 Å². The molecule has 0 saturated heterocycles. The summed E-state index contributed by atoms with van der Waals surface area (Å²) in [7, 11) is 5.65. The number of nitrogens with zero attached hydrogens (tertiary/aromatic N) is 1. The molecule has 19 heavy (non-hydrogen) atoms. The molecule has 0 saturated carbocycles. The molecule has 0 aliphatic rings. The highest BCUT2D eigenvalue weighted by atomic mass is 16.5. The summed E-state index contributed by atoms with van der Waals surface area (Å²) in [6.07, 6.45) is 0. The lowest BCUT2D eigenvalue weighted by Crippen LogP contribution is -2.40. The van der Waals surface area contributed by atoms with Gasteiger partial charge in [-0.15, -0.1) is 0 Å². The molecule has 0 aromatic heterocycles. The van der Waals surface area contributed by atoms with Gasteiger partial charge in [0.05, 0.1) is 19.8 Å². The molecule has 0 bridgehead atoms. The van der Waals surface area contributed by atoms with E-state index in [-0.39, 0.29) is 18.7 Å². The lowest BCUT2D eigenvalue weighted by Gasteiger charge is -2.31. The highest BCUT2D eigenvalue weighted by Gasteiger charge is 2.25. The van der Waals surface area contributed by atoms with Gasteiger partial charge in [-0.2, -0.15) is 0 Å². The Morgan fingerprint density at radius 3 is 2.26 bits per heavy atom. The predicted molar refractivity (Wildman–Crippen MR) is 78.7 cm³/mol. The van der Waals surface area contributed by atoms with Crippen molar-refractivity contribution in [3.05, 3.63) is 28.3 Å². The van der Waals surface area contributed by atoms with Gasteiger partial charge in [-0.05, 0) is 57.1 Å². The summed E-state index contributed by atoms with van der Waals surface area (Å²) in [4.78, 5) is 2.05. The summed E-state index contributed by atoms with van der Waals surface area (Å²) in [5, 5.41) is 9.37. The van der Waals surface area contributed by atoms with Crippen LogP contribution in [0, 0.1) is 20.8 Å². The third-order valence-electron chi connectivity index (χ3n) is 3.76. The number of nitrogens with two attached hydrogens (primary N) is 1. The summed E-state index contributed by atoms with van der Waals surface area (Å²) in [5.41, 5.74) is 10.6. The van der Waals surface area contributed by atoms with Crippen LogP contribution >= 0.6 is 0 Å². The van der Waals surface area contributed by atoms with Gasteiger partial charge in [0.1, 0.15) is 5.75 Å². The summed E-state index contributed by atoms with van der Waals surface area (Å²) >= 11 is 0. The van der Waals surface area contributed by atoms with E-state index < -0.39 is 0 Å². The van der Waals surface area contributed by atoms with Crippen molar-refractivity contribution >= 4 is 0 Å². The van der Waals surface area contributed by atoms with Crippen molar-refractivity contribution in [3.8, 4) is 5.75 Å². The molecule has 0 fully saturated rings. The fourth-order valence-electron chi connectivity index (χ4n) is 2.70. The first-order valence-electron chi connectivity index (χ1n) is 6.52. The SMILES string of the molecule is COc1c(C)cc(C(C(N)CO)N(C)C)c(C)c1C. The Bertz CT molecular complexity index is 444. The minimum absolute atomic E-state index is 0.00620. The first kappa shape index (κ1) is 16.0. The Hall–Kier alpha value is -1.10. The topological polar surface area (TPSA) is 58.7 Å². The van der Waals surface area contributed by atoms with Crippen LogP contribution in [0.5, 0.6) is 5.75 Å². The number of likely N-dealkylation sites (N-methyl/N-ethyl adjacent to an activating group) is 1. The molecule has 3 N–H and O–H groups in total. The van der Waals surface area contributed by atoms with Gasteiger partial charge >= 0.3 is 0 Å². The molecule has 108 valence electrons. The number of methoxy groups -OCH3 is 1. The molecule has 1 aromatic carbocycles. The standard InChI is InChI=1S/C15H26N2O2/c1-9-7-12(10(2)11(3)15(9)19-6)14(17(4)5)13(16)8-18/h7,13-14,18H,8,16H2,1-6H3. The Morgan fingerprint density at radius 2 is 1.84 bits per heavy atom. The van der Waals surface area contributed by atoms with Crippen molar-refractivity contribution in [1.82, 2.24) is 4.90 Å². The second kappa shape index (κ2) is 6.37. The van der Waals surface area contributed by atoms with E-state index in [0.29, 0.717) is 0 Å². The Balaban J connectivity index is 3.40. The maximum atomic E-state index is 9.37. The van der Waals surface area contributed by atoms with Gasteiger partial charge in [0.25, 0.3) is 0 Å². The highest BCUT2D eigenvalue weighted by Crippen LogP contribution is 2.33. The summed E-state index contributed by atoms with van der Waals surface area (Å²) in [6, 6.07) is 1.80. The van der Waals surface area contributed by atoms with Gasteiger partial charge in [0.2, 0.25) is 0 Å². The van der Waals surface area contributed by atoms with Crippen molar-refractivity contribution in [2.75, 3.05) is 27.8 Å². The molecule has 0 amide bonds. The number of benzene rings is 1. The number of rotatable bonds is 5. The number of hydrogen-bond acceptors (Lipinski definition) is 4. The van der Waals surface area contributed by atoms with E-state index in [1.807, 2.05) is 21.0 Å². The number of aliphatic hydroxyl groups is 1. The van der Waals surface area contributed by atoms with E-state index >= 15 is 0 Å². The second-order valence-electron chi connectivity index (χ2n) is 5.32. The molecular formula is C15H26N2O2. The van der Waals surface area contributed by atoms with Crippen LogP contribution in [0.1, 0.15) is 28.3 Å². The van der Waals surface area contributed by atoms with E-state index in [2.05, 4.69) is 24.8 Å². The van der Waals surface area contributed by atoms with Crippen LogP contribution in [0.2, 0.25) is 0 Å². The second-order valence-corrected chi connectivity index (χ2v) is 5.32. The van der Waals surface area contributed by atoms with E-state index in [1.54, 1.807) is 7.11 Å². The van der Waals surface area contributed by atoms with Crippen molar-refractivity contribution in [1.29, 1.82) is 0 Å². The first-order valence-corrected chi connectivity index (χ1v) is 6.52. The van der Waals surface area contributed by atoms with Crippen LogP contribution in [-0.2, 0) is 0 Å². The molecule has 0 spiro atoms. The molecular weight excluding hydrogens is 240 g/mol. The van der Waals surface area contributed by atoms with Gasteiger partial charge in [0.15, 0.2) is 0 Å². The van der Waals surface area contributed by atoms with Crippen LogP contribution in [0.25, 0.3) is 0 Å². The monoisotopic (exact) mass is 266 g/mol. The third-order valence-corrected chi connectivity index (χ3v) is 3.76. The maximum absolute atomic E-state index is 9.37. The van der Waals surface area contributed by atoms with Crippen LogP contribution in [0.3, 0.4) is 0 Å². The van der Waals surface area contributed by atoms with Gasteiger partial charge in [-0.1, -0.05) is 6.07 Å². The number of aryl methyl sites for hydroxylation is 1. The van der Waals surface area contributed by atoms with Crippen molar-refractivity contribution < 1.29 is 9.84 Å². The fraction of sp³-hybridized carbons (Fsp3) is 0.600. The van der Waals surface area contributed by atoms with Crippen LogP contribution in [0.15, 0.2) is 6.07 Å². The molecule has 4 nitrogen and oxygen atoms in total. The zero-order valence-corrected chi connectivity index (χ0v) is 12.8.